The van der Waals surface area contributed by atoms with Crippen LogP contribution in [-0.4, -0.2) is 46.9 Å². The minimum atomic E-state index is -3.57. The molecule has 0 aliphatic carbocycles. The van der Waals surface area contributed by atoms with Crippen LogP contribution in [0.1, 0.15) is 12.0 Å². The van der Waals surface area contributed by atoms with E-state index >= 15 is 0 Å². The Bertz CT molecular complexity index is 797. The van der Waals surface area contributed by atoms with E-state index in [1.54, 1.807) is 6.07 Å². The van der Waals surface area contributed by atoms with Crippen LogP contribution in [0.5, 0.6) is 5.88 Å². The first-order valence-electron chi connectivity index (χ1n) is 6.61. The molecule has 0 spiro atoms. The fourth-order valence-electron chi connectivity index (χ4n) is 2.25. The van der Waals surface area contributed by atoms with E-state index in [2.05, 4.69) is 15.0 Å². The van der Waals surface area contributed by atoms with Gasteiger partial charge in [-0.3, -0.25) is 0 Å². The van der Waals surface area contributed by atoms with Crippen molar-refractivity contribution in [3.05, 3.63) is 36.4 Å². The smallest absolute Gasteiger partial charge is 0.260 e. The number of sulfonamides is 1. The Morgan fingerprint density at radius 1 is 1.50 bits per heavy atom. The highest BCUT2D eigenvalue weighted by molar-refractivity contribution is 7.89. The molecular weight excluding hydrogens is 306 g/mol. The number of aromatic amines is 1. The molecule has 0 bridgehead atoms. The van der Waals surface area contributed by atoms with Crippen LogP contribution in [0.25, 0.3) is 0 Å². The van der Waals surface area contributed by atoms with E-state index < -0.39 is 10.0 Å². The first-order valence-corrected chi connectivity index (χ1v) is 8.05. The van der Waals surface area contributed by atoms with Crippen LogP contribution < -0.4 is 4.74 Å². The Kier molecular flexibility index (Phi) is 3.79. The third-order valence-electron chi connectivity index (χ3n) is 3.35. The Morgan fingerprint density at radius 2 is 2.36 bits per heavy atom. The summed E-state index contributed by atoms with van der Waals surface area (Å²) in [6.45, 7) is 0.601. The van der Waals surface area contributed by atoms with Crippen LogP contribution in [0.3, 0.4) is 0 Å². The van der Waals surface area contributed by atoms with Crippen LogP contribution in [0.2, 0.25) is 0 Å². The van der Waals surface area contributed by atoms with E-state index in [4.69, 9.17) is 10.00 Å². The van der Waals surface area contributed by atoms with Gasteiger partial charge in [-0.1, -0.05) is 0 Å². The van der Waals surface area contributed by atoms with Gasteiger partial charge in [0.2, 0.25) is 5.88 Å². The molecule has 1 aliphatic rings. The van der Waals surface area contributed by atoms with Crippen molar-refractivity contribution in [3.8, 4) is 11.9 Å². The second-order valence-corrected chi connectivity index (χ2v) is 6.71. The minimum Gasteiger partial charge on any atom is -0.473 e. The lowest BCUT2D eigenvalue weighted by Crippen LogP contribution is -2.31. The molecule has 1 N–H and O–H groups in total. The van der Waals surface area contributed by atoms with E-state index in [0.717, 1.165) is 0 Å². The molecule has 22 heavy (non-hydrogen) atoms. The monoisotopic (exact) mass is 319 g/mol. The standard InChI is InChI=1S/C13H13N5O3S/c14-6-10-1-3-16-12(5-10)21-11-2-4-18(8-11)22(19,20)13-7-15-9-17-13/h1,3,5,7,9,11H,2,4,8H2,(H,15,17). The van der Waals surface area contributed by atoms with Crippen molar-refractivity contribution >= 4 is 10.0 Å². The van der Waals surface area contributed by atoms with E-state index in [0.29, 0.717) is 24.4 Å². The molecule has 114 valence electrons. The number of hydrogen-bond acceptors (Lipinski definition) is 6. The van der Waals surface area contributed by atoms with E-state index in [1.165, 1.54) is 29.1 Å². The number of aromatic nitrogens is 3. The van der Waals surface area contributed by atoms with Gasteiger partial charge < -0.3 is 9.72 Å². The summed E-state index contributed by atoms with van der Waals surface area (Å²) < 4.78 is 31.7. The van der Waals surface area contributed by atoms with Crippen LogP contribution >= 0.6 is 0 Å². The number of nitriles is 1. The lowest BCUT2D eigenvalue weighted by molar-refractivity contribution is 0.207. The maximum Gasteiger partial charge on any atom is 0.260 e. The highest BCUT2D eigenvalue weighted by Gasteiger charge is 2.34. The molecule has 2 aromatic heterocycles. The van der Waals surface area contributed by atoms with Crippen LogP contribution in [0.15, 0.2) is 35.9 Å². The molecule has 0 saturated carbocycles. The van der Waals surface area contributed by atoms with Crippen molar-refractivity contribution in [1.82, 2.24) is 19.3 Å². The Labute approximate surface area is 127 Å². The molecule has 0 aromatic carbocycles. The predicted octanol–water partition coefficient (Wildman–Crippen LogP) is 0.518. The summed E-state index contributed by atoms with van der Waals surface area (Å²) in [5, 5.41) is 8.91. The van der Waals surface area contributed by atoms with Crippen molar-refractivity contribution in [2.75, 3.05) is 13.1 Å². The molecule has 1 saturated heterocycles. The third kappa shape index (κ3) is 2.79. The van der Waals surface area contributed by atoms with Gasteiger partial charge in [0.1, 0.15) is 6.10 Å². The molecule has 0 radical (unpaired) electrons. The Morgan fingerprint density at radius 3 is 3.09 bits per heavy atom. The summed E-state index contributed by atoms with van der Waals surface area (Å²) >= 11 is 0. The second-order valence-electron chi connectivity index (χ2n) is 4.80. The van der Waals surface area contributed by atoms with Gasteiger partial charge >= 0.3 is 0 Å². The van der Waals surface area contributed by atoms with Gasteiger partial charge in [0.05, 0.1) is 30.7 Å². The lowest BCUT2D eigenvalue weighted by Gasteiger charge is -2.15. The zero-order valence-electron chi connectivity index (χ0n) is 11.5. The fourth-order valence-corrected chi connectivity index (χ4v) is 3.63. The number of nitrogens with one attached hydrogen (secondary N) is 1. The number of hydrogen-bond donors (Lipinski definition) is 1. The van der Waals surface area contributed by atoms with Gasteiger partial charge in [0, 0.05) is 18.8 Å². The highest BCUT2D eigenvalue weighted by Crippen LogP contribution is 2.22. The number of ether oxygens (including phenoxy) is 1. The first-order chi connectivity index (χ1) is 10.6. The molecule has 1 unspecified atom stereocenters. The van der Waals surface area contributed by atoms with Crippen LogP contribution in [0.4, 0.5) is 0 Å². The molecule has 1 aliphatic heterocycles. The van der Waals surface area contributed by atoms with Crippen molar-refractivity contribution < 1.29 is 13.2 Å². The molecule has 1 fully saturated rings. The predicted molar refractivity (Wildman–Crippen MR) is 75.3 cm³/mol. The zero-order chi connectivity index (χ0) is 15.6. The maximum absolute atomic E-state index is 12.3. The molecule has 0 amide bonds. The van der Waals surface area contributed by atoms with Gasteiger partial charge in [-0.05, 0) is 12.5 Å². The van der Waals surface area contributed by atoms with E-state index in [-0.39, 0.29) is 17.7 Å². The SMILES string of the molecule is N#Cc1ccnc(OC2CCN(S(=O)(=O)c3cnc[nH]3)C2)c1. The molecular formula is C13H13N5O3S. The Balaban J connectivity index is 1.69. The minimum absolute atomic E-state index is 0.0674. The van der Waals surface area contributed by atoms with E-state index in [1.807, 2.05) is 6.07 Å². The summed E-state index contributed by atoms with van der Waals surface area (Å²) in [7, 11) is -3.57. The van der Waals surface area contributed by atoms with Crippen molar-refractivity contribution in [2.24, 2.45) is 0 Å². The van der Waals surface area contributed by atoms with Crippen LogP contribution in [0, 0.1) is 11.3 Å². The zero-order valence-corrected chi connectivity index (χ0v) is 12.3. The highest BCUT2D eigenvalue weighted by atomic mass is 32.2. The molecule has 9 heteroatoms. The molecule has 3 rings (SSSR count). The van der Waals surface area contributed by atoms with E-state index in [9.17, 15) is 8.42 Å². The Hall–Kier alpha value is -2.44. The van der Waals surface area contributed by atoms with Crippen molar-refractivity contribution in [1.29, 1.82) is 5.26 Å². The number of H-pyrrole nitrogens is 1. The second kappa shape index (κ2) is 5.75. The number of nitrogens with zero attached hydrogens (tertiary/aromatic N) is 4. The molecule has 8 nitrogen and oxygen atoms in total. The average molecular weight is 319 g/mol. The molecule has 1 atom stereocenters. The number of imidazole rings is 1. The normalized spacial score (nSPS) is 19.0. The van der Waals surface area contributed by atoms with Crippen LogP contribution in [-0.2, 0) is 10.0 Å². The van der Waals surface area contributed by atoms with Gasteiger partial charge in [-0.2, -0.15) is 9.57 Å². The molecule has 3 heterocycles. The maximum atomic E-state index is 12.3. The lowest BCUT2D eigenvalue weighted by atomic mass is 10.3. The number of pyridine rings is 1. The summed E-state index contributed by atoms with van der Waals surface area (Å²) in [6.07, 6.45) is 4.36. The fraction of sp³-hybridized carbons (Fsp3) is 0.308. The largest absolute Gasteiger partial charge is 0.473 e. The first kappa shape index (κ1) is 14.5. The van der Waals surface area contributed by atoms with Crippen molar-refractivity contribution in [3.63, 3.8) is 0 Å². The van der Waals surface area contributed by atoms with Gasteiger partial charge in [-0.15, -0.1) is 0 Å². The third-order valence-corrected chi connectivity index (χ3v) is 5.14. The van der Waals surface area contributed by atoms with Gasteiger partial charge in [0.25, 0.3) is 10.0 Å². The molecule has 2 aromatic rings. The van der Waals surface area contributed by atoms with Gasteiger partial charge in [0.15, 0.2) is 5.03 Å². The summed E-state index contributed by atoms with van der Waals surface area (Å²) in [5.41, 5.74) is 0.449. The van der Waals surface area contributed by atoms with Crippen molar-refractivity contribution in [2.45, 2.75) is 17.6 Å². The summed E-state index contributed by atoms with van der Waals surface area (Å²) in [5.74, 6) is 0.324. The quantitative estimate of drug-likeness (QED) is 0.879. The van der Waals surface area contributed by atoms with Gasteiger partial charge in [-0.25, -0.2) is 18.4 Å². The topological polar surface area (TPSA) is 112 Å². The number of rotatable bonds is 4. The summed E-state index contributed by atoms with van der Waals surface area (Å²) in [6, 6.07) is 5.12. The average Bonchev–Trinajstić information content (AvgIpc) is 3.19. The summed E-state index contributed by atoms with van der Waals surface area (Å²) in [4.78, 5) is 10.4.